The summed E-state index contributed by atoms with van der Waals surface area (Å²) in [5.41, 5.74) is 0. The van der Waals surface area contributed by atoms with Crippen LogP contribution < -0.4 is 5.32 Å². The third kappa shape index (κ3) is 2.09. The van der Waals surface area contributed by atoms with E-state index in [2.05, 4.69) is 12.2 Å². The Hall–Kier alpha value is -0.610. The minimum atomic E-state index is -0.630. The van der Waals surface area contributed by atoms with Crippen molar-refractivity contribution in [1.29, 1.82) is 0 Å². The average molecular weight is 227 g/mol. The summed E-state index contributed by atoms with van der Waals surface area (Å²) >= 11 is 0. The van der Waals surface area contributed by atoms with Crippen LogP contribution in [0.5, 0.6) is 0 Å². The molecule has 2 fully saturated rings. The van der Waals surface area contributed by atoms with Crippen molar-refractivity contribution in [2.24, 2.45) is 17.8 Å². The van der Waals surface area contributed by atoms with E-state index in [4.69, 9.17) is 4.74 Å². The summed E-state index contributed by atoms with van der Waals surface area (Å²) in [5.74, 6) is 0.146. The molecule has 0 saturated heterocycles. The monoisotopic (exact) mass is 227 g/mol. The van der Waals surface area contributed by atoms with E-state index in [1.54, 1.807) is 7.11 Å². The van der Waals surface area contributed by atoms with E-state index in [1.807, 2.05) is 0 Å². The van der Waals surface area contributed by atoms with E-state index < -0.39 is 5.97 Å². The minimum Gasteiger partial charge on any atom is -0.481 e. The van der Waals surface area contributed by atoms with Crippen LogP contribution in [0.1, 0.15) is 26.2 Å². The highest BCUT2D eigenvalue weighted by Gasteiger charge is 2.51. The van der Waals surface area contributed by atoms with E-state index >= 15 is 0 Å². The number of hydrogen-bond donors (Lipinski definition) is 2. The number of nitrogens with one attached hydrogen (secondary N) is 1. The van der Waals surface area contributed by atoms with Crippen LogP contribution >= 0.6 is 0 Å². The Balaban J connectivity index is 1.99. The Morgan fingerprint density at radius 1 is 1.50 bits per heavy atom. The molecule has 4 nitrogen and oxygen atoms in total. The van der Waals surface area contributed by atoms with Crippen molar-refractivity contribution < 1.29 is 14.6 Å². The molecule has 92 valence electrons. The van der Waals surface area contributed by atoms with Crippen molar-refractivity contribution in [3.63, 3.8) is 0 Å². The minimum absolute atomic E-state index is 0.154. The first-order valence-electron chi connectivity index (χ1n) is 6.11. The summed E-state index contributed by atoms with van der Waals surface area (Å²) in [4.78, 5) is 11.3. The summed E-state index contributed by atoms with van der Waals surface area (Å²) in [7, 11) is 1.67. The molecule has 4 heteroatoms. The number of aliphatic carboxylic acids is 1. The zero-order valence-corrected chi connectivity index (χ0v) is 9.98. The highest BCUT2D eigenvalue weighted by Crippen LogP contribution is 2.48. The first kappa shape index (κ1) is 11.9. The molecule has 0 aromatic carbocycles. The number of carbonyl (C=O) groups is 1. The zero-order valence-electron chi connectivity index (χ0n) is 9.98. The number of rotatable bonds is 5. The third-order valence-corrected chi connectivity index (χ3v) is 4.10. The molecule has 0 heterocycles. The summed E-state index contributed by atoms with van der Waals surface area (Å²) in [6.45, 7) is 2.69. The Morgan fingerprint density at radius 3 is 2.81 bits per heavy atom. The molecule has 0 aromatic rings. The van der Waals surface area contributed by atoms with Gasteiger partial charge in [0.05, 0.1) is 12.5 Å². The maximum absolute atomic E-state index is 11.3. The lowest BCUT2D eigenvalue weighted by Crippen LogP contribution is -2.48. The van der Waals surface area contributed by atoms with Crippen LogP contribution in [0.4, 0.5) is 0 Å². The maximum atomic E-state index is 11.3. The fourth-order valence-corrected chi connectivity index (χ4v) is 3.51. The van der Waals surface area contributed by atoms with Crippen LogP contribution in [0.15, 0.2) is 0 Å². The van der Waals surface area contributed by atoms with Gasteiger partial charge in [0.25, 0.3) is 0 Å². The predicted molar refractivity (Wildman–Crippen MR) is 60.2 cm³/mol. The molecule has 0 aromatic heterocycles. The number of fused-ring (bicyclic) bond motifs is 2. The zero-order chi connectivity index (χ0) is 11.7. The molecule has 5 unspecified atom stereocenters. The second-order valence-corrected chi connectivity index (χ2v) is 5.25. The number of hydrogen-bond acceptors (Lipinski definition) is 3. The van der Waals surface area contributed by atoms with E-state index in [-0.39, 0.29) is 18.0 Å². The lowest BCUT2D eigenvalue weighted by atomic mass is 9.84. The first-order valence-corrected chi connectivity index (χ1v) is 6.11. The van der Waals surface area contributed by atoms with Gasteiger partial charge in [-0.3, -0.25) is 4.79 Å². The topological polar surface area (TPSA) is 58.6 Å². The molecular weight excluding hydrogens is 206 g/mol. The summed E-state index contributed by atoms with van der Waals surface area (Å²) in [6, 6.07) is 0.387. The van der Waals surface area contributed by atoms with Crippen LogP contribution in [0, 0.1) is 17.8 Å². The molecule has 2 bridgehead atoms. The summed E-state index contributed by atoms with van der Waals surface area (Å²) in [5, 5.41) is 12.7. The molecule has 16 heavy (non-hydrogen) atoms. The number of carboxylic acid groups (broad SMARTS) is 1. The lowest BCUT2D eigenvalue weighted by molar-refractivity contribution is -0.144. The molecule has 0 spiro atoms. The molecule has 2 aliphatic carbocycles. The normalized spacial score (nSPS) is 38.9. The van der Waals surface area contributed by atoms with Gasteiger partial charge in [-0.25, -0.2) is 0 Å². The van der Waals surface area contributed by atoms with Crippen molar-refractivity contribution >= 4 is 5.97 Å². The molecule has 2 rings (SSSR count). The largest absolute Gasteiger partial charge is 0.481 e. The first-order chi connectivity index (χ1) is 7.63. The lowest BCUT2D eigenvalue weighted by Gasteiger charge is -2.31. The van der Waals surface area contributed by atoms with Crippen LogP contribution in [0.3, 0.4) is 0 Å². The van der Waals surface area contributed by atoms with Crippen LogP contribution in [-0.4, -0.2) is 36.9 Å². The van der Waals surface area contributed by atoms with E-state index in [9.17, 15) is 9.90 Å². The standard InChI is InChI=1S/C12H21NO3/c1-7(6-16-2)13-11-9-4-3-8(5-9)10(11)12(14)15/h7-11,13H,3-6H2,1-2H3,(H,14,15). The van der Waals surface area contributed by atoms with Crippen molar-refractivity contribution in [1.82, 2.24) is 5.32 Å². The van der Waals surface area contributed by atoms with Gasteiger partial charge in [-0.1, -0.05) is 0 Å². The van der Waals surface area contributed by atoms with E-state index in [0.29, 0.717) is 18.4 Å². The van der Waals surface area contributed by atoms with Gasteiger partial charge in [-0.15, -0.1) is 0 Å². The van der Waals surface area contributed by atoms with Gasteiger partial charge in [0.2, 0.25) is 0 Å². The number of methoxy groups -OCH3 is 1. The van der Waals surface area contributed by atoms with Crippen LogP contribution in [-0.2, 0) is 9.53 Å². The quantitative estimate of drug-likeness (QED) is 0.738. The summed E-state index contributed by atoms with van der Waals surface area (Å²) in [6.07, 6.45) is 3.37. The van der Waals surface area contributed by atoms with Crippen LogP contribution in [0.2, 0.25) is 0 Å². The number of ether oxygens (including phenoxy) is 1. The third-order valence-electron chi connectivity index (χ3n) is 4.10. The number of carboxylic acids is 1. The fourth-order valence-electron chi connectivity index (χ4n) is 3.51. The molecule has 5 atom stereocenters. The van der Waals surface area contributed by atoms with E-state index in [1.165, 1.54) is 6.42 Å². The summed E-state index contributed by atoms with van der Waals surface area (Å²) < 4.78 is 5.08. The smallest absolute Gasteiger partial charge is 0.308 e. The van der Waals surface area contributed by atoms with Gasteiger partial charge in [-0.2, -0.15) is 0 Å². The Bertz CT molecular complexity index is 269. The van der Waals surface area contributed by atoms with Gasteiger partial charge in [0.1, 0.15) is 0 Å². The average Bonchev–Trinajstić information content (AvgIpc) is 2.77. The molecular formula is C12H21NO3. The second kappa shape index (κ2) is 4.72. The Kier molecular flexibility index (Phi) is 3.50. The molecule has 0 radical (unpaired) electrons. The highest BCUT2D eigenvalue weighted by atomic mass is 16.5. The maximum Gasteiger partial charge on any atom is 0.308 e. The van der Waals surface area contributed by atoms with Crippen molar-refractivity contribution in [2.75, 3.05) is 13.7 Å². The fraction of sp³-hybridized carbons (Fsp3) is 0.917. The van der Waals surface area contributed by atoms with Gasteiger partial charge in [0, 0.05) is 19.2 Å². The Morgan fingerprint density at radius 2 is 2.19 bits per heavy atom. The highest BCUT2D eigenvalue weighted by molar-refractivity contribution is 5.72. The molecule has 2 N–H and O–H groups in total. The Labute approximate surface area is 96.4 Å². The van der Waals surface area contributed by atoms with Crippen molar-refractivity contribution in [3.8, 4) is 0 Å². The molecule has 0 amide bonds. The predicted octanol–water partition coefficient (Wildman–Crippen LogP) is 1.11. The second-order valence-electron chi connectivity index (χ2n) is 5.25. The molecule has 2 saturated carbocycles. The van der Waals surface area contributed by atoms with Crippen molar-refractivity contribution in [2.45, 2.75) is 38.3 Å². The van der Waals surface area contributed by atoms with Gasteiger partial charge >= 0.3 is 5.97 Å². The molecule has 2 aliphatic rings. The van der Waals surface area contributed by atoms with E-state index in [0.717, 1.165) is 12.8 Å². The van der Waals surface area contributed by atoms with Gasteiger partial charge < -0.3 is 15.2 Å². The van der Waals surface area contributed by atoms with Gasteiger partial charge in [0.15, 0.2) is 0 Å². The van der Waals surface area contributed by atoms with Crippen molar-refractivity contribution in [3.05, 3.63) is 0 Å². The SMILES string of the molecule is COCC(C)NC1C2CCC(C2)C1C(=O)O. The van der Waals surface area contributed by atoms with Gasteiger partial charge in [-0.05, 0) is 38.0 Å². The van der Waals surface area contributed by atoms with Crippen LogP contribution in [0.25, 0.3) is 0 Å². The molecule has 0 aliphatic heterocycles.